The molecule has 0 bridgehead atoms. The Bertz CT molecular complexity index is 1010. The maximum atomic E-state index is 13.2. The van der Waals surface area contributed by atoms with Gasteiger partial charge in [0.15, 0.2) is 0 Å². The van der Waals surface area contributed by atoms with E-state index in [4.69, 9.17) is 33.7 Å². The smallest absolute Gasteiger partial charge is 0.244 e. The summed E-state index contributed by atoms with van der Waals surface area (Å²) in [5, 5.41) is 0.0137. The van der Waals surface area contributed by atoms with Gasteiger partial charge in [-0.05, 0) is 43.0 Å². The molecule has 8 nitrogen and oxygen atoms in total. The first-order chi connectivity index (χ1) is 14.7. The highest BCUT2D eigenvalue weighted by atomic mass is 35.5. The Labute approximate surface area is 191 Å². The van der Waals surface area contributed by atoms with Crippen molar-refractivity contribution in [1.82, 2.24) is 14.6 Å². The lowest BCUT2D eigenvalue weighted by molar-refractivity contribution is -0.135. The molecule has 31 heavy (non-hydrogen) atoms. The van der Waals surface area contributed by atoms with Gasteiger partial charge in [-0.1, -0.05) is 30.1 Å². The largest absolute Gasteiger partial charge is 0.490 e. The number of sulfonamides is 1. The Morgan fingerprint density at radius 2 is 1.97 bits per heavy atom. The molecule has 168 valence electrons. The van der Waals surface area contributed by atoms with Gasteiger partial charge in [0.2, 0.25) is 15.9 Å². The van der Waals surface area contributed by atoms with Gasteiger partial charge in [0.1, 0.15) is 18.4 Å². The number of carbonyl (C=O) groups is 1. The highest BCUT2D eigenvalue weighted by Gasteiger charge is 2.32. The van der Waals surface area contributed by atoms with E-state index in [1.54, 1.807) is 23.2 Å². The van der Waals surface area contributed by atoms with Crippen molar-refractivity contribution in [3.05, 3.63) is 46.7 Å². The molecule has 2 aromatic rings. The molecular formula is C20H24Cl2N4O4S. The first kappa shape index (κ1) is 23.6. The van der Waals surface area contributed by atoms with E-state index < -0.39 is 16.1 Å². The number of likely N-dealkylation sites (tertiary alicyclic amines) is 1. The number of rotatable bonds is 7. The quantitative estimate of drug-likeness (QED) is 0.581. The number of benzene rings is 1. The third kappa shape index (κ3) is 6.00. The van der Waals surface area contributed by atoms with Crippen molar-refractivity contribution < 1.29 is 17.9 Å². The molecule has 1 fully saturated rings. The number of nitrogen functional groups attached to an aromatic ring is 1. The molecular weight excluding hydrogens is 463 g/mol. The summed E-state index contributed by atoms with van der Waals surface area (Å²) in [6, 6.07) is 4.59. The van der Waals surface area contributed by atoms with Crippen molar-refractivity contribution >= 4 is 44.8 Å². The van der Waals surface area contributed by atoms with Crippen molar-refractivity contribution in [2.24, 2.45) is 5.92 Å². The molecule has 3 N–H and O–H groups in total. The normalized spacial score (nSPS) is 16.2. The molecule has 3 rings (SSSR count). The second-order valence-electron chi connectivity index (χ2n) is 7.48. The number of nitrogens with one attached hydrogen (secondary N) is 1. The lowest BCUT2D eigenvalue weighted by atomic mass is 9.99. The van der Waals surface area contributed by atoms with Crippen LogP contribution < -0.4 is 15.2 Å². The number of pyridine rings is 1. The molecule has 1 unspecified atom stereocenters. The molecule has 11 heteroatoms. The van der Waals surface area contributed by atoms with E-state index in [-0.39, 0.29) is 33.1 Å². The van der Waals surface area contributed by atoms with Crippen molar-refractivity contribution in [3.63, 3.8) is 0 Å². The van der Waals surface area contributed by atoms with Crippen LogP contribution in [0.15, 0.2) is 41.6 Å². The minimum absolute atomic E-state index is 0.00683. The summed E-state index contributed by atoms with van der Waals surface area (Å²) in [4.78, 5) is 18.6. The number of carbonyl (C=O) groups excluding carboxylic acids is 1. The fourth-order valence-electron chi connectivity index (χ4n) is 3.19. The molecule has 0 saturated carbocycles. The first-order valence-electron chi connectivity index (χ1n) is 9.76. The van der Waals surface area contributed by atoms with Crippen molar-refractivity contribution in [2.75, 3.05) is 25.4 Å². The summed E-state index contributed by atoms with van der Waals surface area (Å²) in [6.45, 7) is 3.05. The number of nitrogens with two attached hydrogens (primary N) is 1. The van der Waals surface area contributed by atoms with Gasteiger partial charge in [0, 0.05) is 19.3 Å². The van der Waals surface area contributed by atoms with Crippen LogP contribution in [-0.4, -0.2) is 49.9 Å². The van der Waals surface area contributed by atoms with Gasteiger partial charge in [-0.3, -0.25) is 9.78 Å². The summed E-state index contributed by atoms with van der Waals surface area (Å²) < 4.78 is 34.1. The number of hydrogen-bond donors (Lipinski definition) is 2. The summed E-state index contributed by atoms with van der Waals surface area (Å²) in [5.41, 5.74) is 5.78. The number of nitrogens with zero attached hydrogens (tertiary/aromatic N) is 2. The highest BCUT2D eigenvalue weighted by Crippen LogP contribution is 2.30. The van der Waals surface area contributed by atoms with Crippen molar-refractivity contribution in [3.8, 4) is 5.75 Å². The number of anilines is 1. The van der Waals surface area contributed by atoms with Gasteiger partial charge < -0.3 is 15.4 Å². The zero-order chi connectivity index (χ0) is 22.6. The maximum absolute atomic E-state index is 13.2. The Balaban J connectivity index is 1.83. The molecule has 0 spiro atoms. The fraction of sp³-hybridized carbons (Fsp3) is 0.400. The average Bonchev–Trinajstić information content (AvgIpc) is 2.75. The van der Waals surface area contributed by atoms with Crippen LogP contribution in [0.25, 0.3) is 0 Å². The van der Waals surface area contributed by atoms with E-state index in [0.29, 0.717) is 24.8 Å². The number of amides is 1. The Morgan fingerprint density at radius 1 is 1.32 bits per heavy atom. The monoisotopic (exact) mass is 486 g/mol. The fourth-order valence-corrected chi connectivity index (χ4v) is 5.03. The van der Waals surface area contributed by atoms with Crippen LogP contribution >= 0.6 is 23.2 Å². The molecule has 1 aliphatic rings. The molecule has 1 amide bonds. The van der Waals surface area contributed by atoms with E-state index >= 15 is 0 Å². The number of piperidine rings is 1. The van der Waals surface area contributed by atoms with Crippen LogP contribution in [-0.2, 0) is 14.8 Å². The molecule has 1 aromatic carbocycles. The SMILES string of the molecule is CC1CCN(C(=O)C(COc2cccnc2)NS(=O)(=O)c2cc(Cl)c(N)c(Cl)c2)CC1. The van der Waals surface area contributed by atoms with E-state index in [1.807, 2.05) is 0 Å². The third-order valence-corrected chi connectivity index (χ3v) is 7.18. The minimum atomic E-state index is -4.14. The van der Waals surface area contributed by atoms with Crippen molar-refractivity contribution in [1.29, 1.82) is 0 Å². The van der Waals surface area contributed by atoms with Gasteiger partial charge in [-0.25, -0.2) is 8.42 Å². The topological polar surface area (TPSA) is 115 Å². The van der Waals surface area contributed by atoms with Gasteiger partial charge >= 0.3 is 0 Å². The third-order valence-electron chi connectivity index (χ3n) is 5.10. The molecule has 0 radical (unpaired) electrons. The van der Waals surface area contributed by atoms with E-state index in [0.717, 1.165) is 12.8 Å². The van der Waals surface area contributed by atoms with Crippen LogP contribution in [0, 0.1) is 5.92 Å². The second kappa shape index (κ2) is 10.0. The first-order valence-corrected chi connectivity index (χ1v) is 12.0. The predicted molar refractivity (Wildman–Crippen MR) is 120 cm³/mol. The lowest BCUT2D eigenvalue weighted by Crippen LogP contribution is -2.53. The summed E-state index contributed by atoms with van der Waals surface area (Å²) in [7, 11) is -4.14. The Kier molecular flexibility index (Phi) is 7.64. The van der Waals surface area contributed by atoms with E-state index in [9.17, 15) is 13.2 Å². The molecule has 2 heterocycles. The van der Waals surface area contributed by atoms with Crippen LogP contribution in [0.4, 0.5) is 5.69 Å². The van der Waals surface area contributed by atoms with Crippen LogP contribution in [0.2, 0.25) is 10.0 Å². The van der Waals surface area contributed by atoms with Crippen LogP contribution in [0.1, 0.15) is 19.8 Å². The summed E-state index contributed by atoms with van der Waals surface area (Å²) in [5.74, 6) is 0.585. The van der Waals surface area contributed by atoms with Crippen molar-refractivity contribution in [2.45, 2.75) is 30.7 Å². The Hall–Kier alpha value is -2.07. The second-order valence-corrected chi connectivity index (χ2v) is 10.0. The van der Waals surface area contributed by atoms with Gasteiger partial charge in [0.05, 0.1) is 26.8 Å². The standard InChI is InChI=1S/C20H24Cl2N4O4S/c1-13-4-7-26(8-5-13)20(27)18(12-30-14-3-2-6-24-11-14)25-31(28,29)15-9-16(21)19(23)17(22)10-15/h2-3,6,9-11,13,18,25H,4-5,7-8,12,23H2,1H3. The summed E-state index contributed by atoms with van der Waals surface area (Å²) >= 11 is 12.0. The minimum Gasteiger partial charge on any atom is -0.490 e. The number of aromatic nitrogens is 1. The summed E-state index contributed by atoms with van der Waals surface area (Å²) in [6.07, 6.45) is 4.79. The predicted octanol–water partition coefficient (Wildman–Crippen LogP) is 2.96. The Morgan fingerprint density at radius 3 is 2.55 bits per heavy atom. The van der Waals surface area contributed by atoms with Crippen LogP contribution in [0.5, 0.6) is 5.75 Å². The maximum Gasteiger partial charge on any atom is 0.244 e. The van der Waals surface area contributed by atoms with Gasteiger partial charge in [-0.15, -0.1) is 0 Å². The van der Waals surface area contributed by atoms with Gasteiger partial charge in [-0.2, -0.15) is 4.72 Å². The number of ether oxygens (including phenoxy) is 1. The van der Waals surface area contributed by atoms with E-state index in [2.05, 4.69) is 16.6 Å². The zero-order valence-electron chi connectivity index (χ0n) is 16.9. The van der Waals surface area contributed by atoms with E-state index in [1.165, 1.54) is 18.3 Å². The number of hydrogen-bond acceptors (Lipinski definition) is 6. The molecule has 1 aromatic heterocycles. The number of halogens is 2. The average molecular weight is 487 g/mol. The lowest BCUT2D eigenvalue weighted by Gasteiger charge is -2.33. The molecule has 1 atom stereocenters. The van der Waals surface area contributed by atoms with Crippen LogP contribution in [0.3, 0.4) is 0 Å². The molecule has 1 saturated heterocycles. The zero-order valence-corrected chi connectivity index (χ0v) is 19.3. The molecule has 0 aliphatic carbocycles. The highest BCUT2D eigenvalue weighted by molar-refractivity contribution is 7.89. The molecule has 1 aliphatic heterocycles. The van der Waals surface area contributed by atoms with Gasteiger partial charge in [0.25, 0.3) is 0 Å².